The molecule has 33 heavy (non-hydrogen) atoms. The first kappa shape index (κ1) is 23.6. The maximum absolute atomic E-state index is 12.9. The Morgan fingerprint density at radius 2 is 1.79 bits per heavy atom. The Morgan fingerprint density at radius 3 is 2.55 bits per heavy atom. The second-order valence-corrected chi connectivity index (χ2v) is 12.9. The Bertz CT molecular complexity index is 823. The monoisotopic (exact) mass is 456 g/mol. The predicted octanol–water partition coefficient (Wildman–Crippen LogP) is 6.15. The Hall–Kier alpha value is -1.16. The molecule has 0 amide bonds. The van der Waals surface area contributed by atoms with Crippen LogP contribution in [0.2, 0.25) is 0 Å². The highest BCUT2D eigenvalue weighted by atomic mass is 16.6. The molecule has 4 fully saturated rings. The second kappa shape index (κ2) is 8.50. The zero-order valence-electron chi connectivity index (χ0n) is 21.0. The lowest BCUT2D eigenvalue weighted by Gasteiger charge is -2.60. The topological polar surface area (TPSA) is 63.6 Å². The van der Waals surface area contributed by atoms with Crippen LogP contribution in [0, 0.1) is 34.5 Å². The van der Waals surface area contributed by atoms with Gasteiger partial charge in [-0.3, -0.25) is 9.59 Å². The summed E-state index contributed by atoms with van der Waals surface area (Å²) in [5.74, 6) is 2.18. The number of rotatable bonds is 4. The van der Waals surface area contributed by atoms with E-state index in [1.807, 2.05) is 6.08 Å². The van der Waals surface area contributed by atoms with Gasteiger partial charge in [-0.2, -0.15) is 0 Å². The van der Waals surface area contributed by atoms with Crippen LogP contribution in [0.1, 0.15) is 111 Å². The van der Waals surface area contributed by atoms with E-state index < -0.39 is 0 Å². The minimum absolute atomic E-state index is 0.000714. The van der Waals surface area contributed by atoms with Crippen molar-refractivity contribution in [3.05, 3.63) is 11.6 Å². The Labute approximate surface area is 199 Å². The predicted molar refractivity (Wildman–Crippen MR) is 128 cm³/mol. The molecular weight excluding hydrogens is 412 g/mol. The van der Waals surface area contributed by atoms with E-state index in [0.29, 0.717) is 30.6 Å². The summed E-state index contributed by atoms with van der Waals surface area (Å²) in [5.41, 5.74) is 1.12. The van der Waals surface area contributed by atoms with Crippen molar-refractivity contribution in [3.8, 4) is 0 Å². The van der Waals surface area contributed by atoms with Gasteiger partial charge in [-0.1, -0.05) is 25.8 Å². The number of carbonyl (C=O) groups is 2. The quantitative estimate of drug-likeness (QED) is 0.515. The molecule has 4 nitrogen and oxygen atoms in total. The molecule has 0 aromatic carbocycles. The van der Waals surface area contributed by atoms with Gasteiger partial charge in [0.15, 0.2) is 5.78 Å². The normalized spacial score (nSPS) is 44.3. The standard InChI is InChI=1S/C29H44O4/c1-27(14-5-4-6-15-27)33-26(32)12-8-20-18-21(30)17-19-7-9-22-23-10-11-25(31)28(23,2)16-13-24(22)29(19,20)3/h17,20,22-25,31H,4-16,18H2,1-3H3/t20?,22-,23-,24-,25-,28-,29+/m0/s1. The number of aliphatic hydroxyl groups excluding tert-OH is 1. The van der Waals surface area contributed by atoms with E-state index in [9.17, 15) is 14.7 Å². The lowest BCUT2D eigenvalue weighted by molar-refractivity contribution is -0.162. The lowest BCUT2D eigenvalue weighted by atomic mass is 9.45. The number of hydrogen-bond donors (Lipinski definition) is 1. The third-order valence-corrected chi connectivity index (χ3v) is 11.2. The molecule has 1 unspecified atom stereocenters. The first-order valence-corrected chi connectivity index (χ1v) is 13.8. The fourth-order valence-corrected chi connectivity index (χ4v) is 9.16. The number of allylic oxidation sites excluding steroid dienone is 1. The number of hydrogen-bond acceptors (Lipinski definition) is 4. The van der Waals surface area contributed by atoms with Crippen molar-refractivity contribution in [2.45, 2.75) is 122 Å². The largest absolute Gasteiger partial charge is 0.459 e. The van der Waals surface area contributed by atoms with E-state index in [1.54, 1.807) is 0 Å². The fraction of sp³-hybridized carbons (Fsp3) is 0.862. The van der Waals surface area contributed by atoms with Crippen molar-refractivity contribution in [1.82, 2.24) is 0 Å². The van der Waals surface area contributed by atoms with Gasteiger partial charge in [0, 0.05) is 12.8 Å². The van der Waals surface area contributed by atoms with Gasteiger partial charge in [-0.25, -0.2) is 0 Å². The summed E-state index contributed by atoms with van der Waals surface area (Å²) in [6.45, 7) is 6.83. The van der Waals surface area contributed by atoms with Crippen molar-refractivity contribution in [2.75, 3.05) is 0 Å². The van der Waals surface area contributed by atoms with Gasteiger partial charge in [-0.05, 0) is 118 Å². The summed E-state index contributed by atoms with van der Waals surface area (Å²) in [7, 11) is 0. The SMILES string of the molecule is CC1(OC(=O)CCC2CC(=O)C=C3CC[C@H]4[C@@H]5CC[C@H](O)[C@@]5(C)CC[C@@H]4[C@]32C)CCCCC1. The third-order valence-electron chi connectivity index (χ3n) is 11.2. The molecule has 0 aromatic rings. The molecule has 184 valence electrons. The van der Waals surface area contributed by atoms with Crippen molar-refractivity contribution < 1.29 is 19.4 Å². The Morgan fingerprint density at radius 1 is 1.03 bits per heavy atom. The molecule has 0 bridgehead atoms. The molecule has 5 rings (SSSR count). The van der Waals surface area contributed by atoms with Crippen LogP contribution in [0.25, 0.3) is 0 Å². The molecule has 0 spiro atoms. The van der Waals surface area contributed by atoms with Crippen LogP contribution in [-0.2, 0) is 14.3 Å². The number of ether oxygens (including phenoxy) is 1. The van der Waals surface area contributed by atoms with E-state index in [2.05, 4.69) is 20.8 Å². The number of esters is 1. The number of carbonyl (C=O) groups excluding carboxylic acids is 2. The highest BCUT2D eigenvalue weighted by molar-refractivity contribution is 5.92. The molecule has 0 aliphatic heterocycles. The molecule has 0 saturated heterocycles. The van der Waals surface area contributed by atoms with E-state index in [1.165, 1.54) is 12.0 Å². The summed E-state index contributed by atoms with van der Waals surface area (Å²) < 4.78 is 5.99. The lowest BCUT2D eigenvalue weighted by Crippen LogP contribution is -2.54. The van der Waals surface area contributed by atoms with Crippen LogP contribution in [-0.4, -0.2) is 28.6 Å². The summed E-state index contributed by atoms with van der Waals surface area (Å²) in [5, 5.41) is 10.8. The summed E-state index contributed by atoms with van der Waals surface area (Å²) in [6, 6.07) is 0. The maximum atomic E-state index is 12.9. The van der Waals surface area contributed by atoms with E-state index in [-0.39, 0.29) is 40.2 Å². The van der Waals surface area contributed by atoms with Gasteiger partial charge < -0.3 is 9.84 Å². The van der Waals surface area contributed by atoms with Crippen molar-refractivity contribution in [3.63, 3.8) is 0 Å². The van der Waals surface area contributed by atoms with Gasteiger partial charge in [0.05, 0.1) is 6.10 Å². The Kier molecular flexibility index (Phi) is 6.07. The molecule has 1 N–H and O–H groups in total. The van der Waals surface area contributed by atoms with Gasteiger partial charge >= 0.3 is 5.97 Å². The average molecular weight is 457 g/mol. The van der Waals surface area contributed by atoms with Crippen LogP contribution in [0.3, 0.4) is 0 Å². The van der Waals surface area contributed by atoms with Crippen molar-refractivity contribution >= 4 is 11.8 Å². The smallest absolute Gasteiger partial charge is 0.306 e. The first-order valence-electron chi connectivity index (χ1n) is 13.8. The Balaban J connectivity index is 1.33. The minimum Gasteiger partial charge on any atom is -0.459 e. The second-order valence-electron chi connectivity index (χ2n) is 12.9. The molecule has 5 aliphatic carbocycles. The molecular formula is C29H44O4. The number of aliphatic hydroxyl groups is 1. The van der Waals surface area contributed by atoms with Crippen LogP contribution in [0.4, 0.5) is 0 Å². The molecule has 5 aliphatic rings. The molecule has 7 atom stereocenters. The van der Waals surface area contributed by atoms with E-state index in [4.69, 9.17) is 4.74 Å². The van der Waals surface area contributed by atoms with Gasteiger partial charge in [0.2, 0.25) is 0 Å². The molecule has 4 saturated carbocycles. The fourth-order valence-electron chi connectivity index (χ4n) is 9.16. The summed E-state index contributed by atoms with van der Waals surface area (Å²) >= 11 is 0. The van der Waals surface area contributed by atoms with Gasteiger partial charge in [0.1, 0.15) is 5.60 Å². The molecule has 0 heterocycles. The number of ketones is 1. The third kappa shape index (κ3) is 3.93. The molecule has 0 radical (unpaired) electrons. The maximum Gasteiger partial charge on any atom is 0.306 e. The van der Waals surface area contributed by atoms with Crippen molar-refractivity contribution in [2.24, 2.45) is 34.5 Å². The van der Waals surface area contributed by atoms with Crippen LogP contribution in [0.15, 0.2) is 11.6 Å². The van der Waals surface area contributed by atoms with Crippen LogP contribution >= 0.6 is 0 Å². The van der Waals surface area contributed by atoms with Gasteiger partial charge in [-0.15, -0.1) is 0 Å². The zero-order valence-corrected chi connectivity index (χ0v) is 21.0. The van der Waals surface area contributed by atoms with E-state index in [0.717, 1.165) is 70.6 Å². The first-order chi connectivity index (χ1) is 15.7. The van der Waals surface area contributed by atoms with Gasteiger partial charge in [0.25, 0.3) is 0 Å². The average Bonchev–Trinajstić information content (AvgIpc) is 3.07. The number of fused-ring (bicyclic) bond motifs is 5. The zero-order chi connectivity index (χ0) is 23.4. The van der Waals surface area contributed by atoms with Crippen LogP contribution < -0.4 is 0 Å². The van der Waals surface area contributed by atoms with Crippen LogP contribution in [0.5, 0.6) is 0 Å². The highest BCUT2D eigenvalue weighted by Crippen LogP contribution is 2.66. The van der Waals surface area contributed by atoms with E-state index >= 15 is 0 Å². The molecule has 4 heteroatoms. The highest BCUT2D eigenvalue weighted by Gasteiger charge is 2.60. The molecule has 0 aromatic heterocycles. The summed E-state index contributed by atoms with van der Waals surface area (Å²) in [4.78, 5) is 25.6. The van der Waals surface area contributed by atoms with Crippen molar-refractivity contribution in [1.29, 1.82) is 0 Å². The minimum atomic E-state index is -0.292. The summed E-state index contributed by atoms with van der Waals surface area (Å²) in [6.07, 6.45) is 15.5.